The molecule has 1 aromatic carbocycles. The zero-order chi connectivity index (χ0) is 13.4. The molecular weight excluding hydrogens is 240 g/mol. The number of allylic oxidation sites excluding steroid dienone is 2. The molecule has 0 radical (unpaired) electrons. The normalized spacial score (nSPS) is 13.1. The van der Waals surface area contributed by atoms with Gasteiger partial charge in [-0.1, -0.05) is 35.8 Å². The Kier molecular flexibility index (Phi) is 6.04. The van der Waals surface area contributed by atoms with Gasteiger partial charge in [0.15, 0.2) is 0 Å². The van der Waals surface area contributed by atoms with E-state index in [0.717, 1.165) is 11.3 Å². The molecule has 1 nitrogen and oxygen atoms in total. The van der Waals surface area contributed by atoms with Crippen LogP contribution < -0.4 is 0 Å². The maximum atomic E-state index is 10.1. The second-order valence-corrected chi connectivity index (χ2v) is 5.62. The molecule has 1 aromatic rings. The second kappa shape index (κ2) is 7.31. The van der Waals surface area contributed by atoms with Gasteiger partial charge < -0.3 is 5.11 Å². The van der Waals surface area contributed by atoms with Gasteiger partial charge in [-0.15, -0.1) is 0 Å². The Balaban J connectivity index is 2.48. The van der Waals surface area contributed by atoms with Crippen LogP contribution in [0.5, 0.6) is 0 Å². The highest BCUT2D eigenvalue weighted by Gasteiger charge is 2.15. The van der Waals surface area contributed by atoms with Crippen molar-refractivity contribution in [2.45, 2.75) is 44.1 Å². The van der Waals surface area contributed by atoms with Crippen molar-refractivity contribution < 1.29 is 5.11 Å². The van der Waals surface area contributed by atoms with Gasteiger partial charge >= 0.3 is 0 Å². The van der Waals surface area contributed by atoms with Gasteiger partial charge in [0.1, 0.15) is 5.60 Å². The Hall–Kier alpha value is -1.17. The number of rotatable bonds is 4. The van der Waals surface area contributed by atoms with Gasteiger partial charge in [-0.05, 0) is 62.8 Å². The first-order chi connectivity index (χ1) is 8.49. The maximum absolute atomic E-state index is 10.1. The Morgan fingerprint density at radius 1 is 1.33 bits per heavy atom. The molecule has 0 aliphatic heterocycles. The van der Waals surface area contributed by atoms with Crippen molar-refractivity contribution in [2.24, 2.45) is 0 Å². The average molecular weight is 260 g/mol. The zero-order valence-corrected chi connectivity index (χ0v) is 12.1. The molecular formula is C16H20OS. The van der Waals surface area contributed by atoms with Gasteiger partial charge in [0.25, 0.3) is 0 Å². The van der Waals surface area contributed by atoms with Crippen LogP contribution in [-0.4, -0.2) is 10.7 Å². The van der Waals surface area contributed by atoms with Crippen LogP contribution in [0.1, 0.15) is 33.6 Å². The van der Waals surface area contributed by atoms with Crippen LogP contribution in [0.4, 0.5) is 0 Å². The van der Waals surface area contributed by atoms with Gasteiger partial charge in [-0.25, -0.2) is 0 Å². The van der Waals surface area contributed by atoms with Gasteiger partial charge in [-0.3, -0.25) is 0 Å². The smallest absolute Gasteiger partial charge is 0.123 e. The summed E-state index contributed by atoms with van der Waals surface area (Å²) in [7, 11) is 0. The molecule has 2 heteroatoms. The van der Waals surface area contributed by atoms with Crippen LogP contribution >= 0.6 is 11.8 Å². The van der Waals surface area contributed by atoms with Crippen molar-refractivity contribution in [3.8, 4) is 11.2 Å². The van der Waals surface area contributed by atoms with Crippen LogP contribution in [0.2, 0.25) is 0 Å². The fraction of sp³-hybridized carbons (Fsp3) is 0.375. The molecule has 0 aliphatic carbocycles. The first-order valence-electron chi connectivity index (χ1n) is 6.09. The van der Waals surface area contributed by atoms with E-state index < -0.39 is 5.60 Å². The molecule has 0 saturated carbocycles. The van der Waals surface area contributed by atoms with Gasteiger partial charge in [0.05, 0.1) is 0 Å². The summed E-state index contributed by atoms with van der Waals surface area (Å²) in [4.78, 5) is 1.10. The lowest BCUT2D eigenvalue weighted by atomic mass is 10.0. The van der Waals surface area contributed by atoms with E-state index in [1.165, 1.54) is 17.3 Å². The van der Waals surface area contributed by atoms with E-state index in [-0.39, 0.29) is 0 Å². The molecule has 0 aromatic heterocycles. The summed E-state index contributed by atoms with van der Waals surface area (Å²) in [6.07, 6.45) is 3.65. The van der Waals surface area contributed by atoms with Gasteiger partial charge in [-0.2, -0.15) is 0 Å². The number of hydrogen-bond acceptors (Lipinski definition) is 2. The Morgan fingerprint density at radius 2 is 2.00 bits per heavy atom. The van der Waals surface area contributed by atoms with Gasteiger partial charge in [0, 0.05) is 4.90 Å². The fourth-order valence-electron chi connectivity index (χ4n) is 1.39. The maximum Gasteiger partial charge on any atom is 0.123 e. The Labute approximate surface area is 114 Å². The van der Waals surface area contributed by atoms with Crippen molar-refractivity contribution in [1.29, 1.82) is 0 Å². The average Bonchev–Trinajstić information content (AvgIpc) is 2.29. The summed E-state index contributed by atoms with van der Waals surface area (Å²) in [6.45, 7) is 5.89. The van der Waals surface area contributed by atoms with E-state index in [9.17, 15) is 5.11 Å². The molecule has 0 bridgehead atoms. The predicted molar refractivity (Wildman–Crippen MR) is 79.4 cm³/mol. The topological polar surface area (TPSA) is 20.2 Å². The zero-order valence-electron chi connectivity index (χ0n) is 11.2. The van der Waals surface area contributed by atoms with Crippen molar-refractivity contribution in [3.63, 3.8) is 0 Å². The van der Waals surface area contributed by atoms with E-state index >= 15 is 0 Å². The number of hydrogen-bond donors (Lipinski definition) is 1. The van der Waals surface area contributed by atoms with E-state index in [2.05, 4.69) is 31.1 Å². The third-order valence-electron chi connectivity index (χ3n) is 2.42. The lowest BCUT2D eigenvalue weighted by molar-refractivity contribution is 0.113. The molecule has 96 valence electrons. The van der Waals surface area contributed by atoms with Crippen LogP contribution in [0.25, 0.3) is 0 Å². The molecule has 1 N–H and O–H groups in total. The summed E-state index contributed by atoms with van der Waals surface area (Å²) in [5.74, 6) is 2.92. The molecule has 1 unspecified atom stereocenters. The van der Waals surface area contributed by atoms with Gasteiger partial charge in [0.2, 0.25) is 0 Å². The minimum atomic E-state index is -0.909. The summed E-state index contributed by atoms with van der Waals surface area (Å²) in [5, 5.41) is 13.1. The van der Waals surface area contributed by atoms with E-state index in [1.807, 2.05) is 30.3 Å². The molecule has 1 atom stereocenters. The molecule has 0 amide bonds. The highest BCUT2D eigenvalue weighted by Crippen LogP contribution is 2.17. The summed E-state index contributed by atoms with van der Waals surface area (Å²) in [5.41, 5.74) is 0.366. The fourth-order valence-corrected chi connectivity index (χ4v) is 2.07. The van der Waals surface area contributed by atoms with Crippen LogP contribution in [0.15, 0.2) is 46.9 Å². The van der Waals surface area contributed by atoms with Crippen molar-refractivity contribution in [1.82, 2.24) is 0 Å². The second-order valence-electron chi connectivity index (χ2n) is 4.74. The summed E-state index contributed by atoms with van der Waals surface area (Å²) >= 11 is 1.45. The van der Waals surface area contributed by atoms with Crippen LogP contribution in [0, 0.1) is 11.2 Å². The summed E-state index contributed by atoms with van der Waals surface area (Å²) in [6, 6.07) is 9.97. The molecule has 18 heavy (non-hydrogen) atoms. The third kappa shape index (κ3) is 6.54. The van der Waals surface area contributed by atoms with E-state index in [0.29, 0.717) is 6.42 Å². The number of thioether (sulfide) groups is 1. The molecule has 0 fully saturated rings. The highest BCUT2D eigenvalue weighted by atomic mass is 32.2. The molecule has 0 heterocycles. The molecule has 1 rings (SSSR count). The summed E-state index contributed by atoms with van der Waals surface area (Å²) < 4.78 is 0. The number of benzene rings is 1. The van der Waals surface area contributed by atoms with Crippen molar-refractivity contribution in [3.05, 3.63) is 42.0 Å². The minimum Gasteiger partial charge on any atom is -0.378 e. The van der Waals surface area contributed by atoms with Crippen molar-refractivity contribution >= 4 is 11.8 Å². The first kappa shape index (κ1) is 14.9. The minimum absolute atomic E-state index is 0.667. The Morgan fingerprint density at radius 3 is 2.61 bits per heavy atom. The highest BCUT2D eigenvalue weighted by molar-refractivity contribution is 8.03. The first-order valence-corrected chi connectivity index (χ1v) is 6.91. The lowest BCUT2D eigenvalue weighted by Crippen LogP contribution is -2.20. The SMILES string of the molecule is CC(C)=CCCC(C)(O)C#CSc1ccccc1. The van der Waals surface area contributed by atoms with E-state index in [4.69, 9.17) is 0 Å². The standard InChI is InChI=1S/C16H20OS/c1-14(2)8-7-11-16(3,17)12-13-18-15-9-5-4-6-10-15/h4-6,8-10,17H,7,11H2,1-3H3. The molecule has 0 saturated heterocycles. The third-order valence-corrected chi connectivity index (χ3v) is 3.13. The van der Waals surface area contributed by atoms with E-state index in [1.54, 1.807) is 6.92 Å². The lowest BCUT2D eigenvalue weighted by Gasteiger charge is -2.14. The van der Waals surface area contributed by atoms with Crippen LogP contribution in [0.3, 0.4) is 0 Å². The van der Waals surface area contributed by atoms with Crippen molar-refractivity contribution in [2.75, 3.05) is 0 Å². The predicted octanol–water partition coefficient (Wildman–Crippen LogP) is 4.24. The Bertz CT molecular complexity index is 445. The molecule has 0 spiro atoms. The molecule has 0 aliphatic rings. The van der Waals surface area contributed by atoms with Crippen LogP contribution in [-0.2, 0) is 0 Å². The monoisotopic (exact) mass is 260 g/mol. The largest absolute Gasteiger partial charge is 0.378 e. The quantitative estimate of drug-likeness (QED) is 0.496. The number of aliphatic hydroxyl groups is 1.